The van der Waals surface area contributed by atoms with Crippen molar-refractivity contribution in [1.29, 1.82) is 5.26 Å². The minimum absolute atomic E-state index is 0.361. The molecule has 0 aliphatic heterocycles. The van der Waals surface area contributed by atoms with Crippen LogP contribution in [0.3, 0.4) is 0 Å². The number of fused-ring (bicyclic) bond motifs is 1. The molecule has 2 heterocycles. The van der Waals surface area contributed by atoms with Gasteiger partial charge in [0.1, 0.15) is 16.8 Å². The van der Waals surface area contributed by atoms with Crippen LogP contribution >= 0.6 is 11.6 Å². The van der Waals surface area contributed by atoms with Crippen LogP contribution in [0.1, 0.15) is 5.56 Å². The maximum atomic E-state index is 8.63. The molecule has 0 saturated carbocycles. The van der Waals surface area contributed by atoms with Crippen molar-refractivity contribution in [2.45, 2.75) is 0 Å². The molecule has 2 rings (SSSR count). The van der Waals surface area contributed by atoms with E-state index in [0.717, 1.165) is 0 Å². The number of nitriles is 1. The summed E-state index contributed by atoms with van der Waals surface area (Å²) in [6.45, 7) is 0. The molecule has 2 aromatic heterocycles. The average molecular weight is 179 g/mol. The van der Waals surface area contributed by atoms with Crippen LogP contribution in [0, 0.1) is 11.3 Å². The van der Waals surface area contributed by atoms with Crippen molar-refractivity contribution >= 4 is 17.2 Å². The van der Waals surface area contributed by atoms with Crippen LogP contribution in [0.4, 0.5) is 0 Å². The largest absolute Gasteiger partial charge is 0.221 e. The van der Waals surface area contributed by atoms with Crippen LogP contribution < -0.4 is 0 Å². The monoisotopic (exact) mass is 178 g/mol. The van der Waals surface area contributed by atoms with E-state index in [1.54, 1.807) is 12.3 Å². The van der Waals surface area contributed by atoms with Crippen molar-refractivity contribution in [3.8, 4) is 6.07 Å². The molecule has 12 heavy (non-hydrogen) atoms. The molecule has 0 aliphatic carbocycles. The molecule has 0 saturated heterocycles. The zero-order valence-corrected chi connectivity index (χ0v) is 6.65. The number of hydrogen-bond donors (Lipinski definition) is 0. The predicted molar refractivity (Wildman–Crippen MR) is 42.7 cm³/mol. The topological polar surface area (TPSA) is 54.0 Å². The lowest BCUT2D eigenvalue weighted by Crippen LogP contribution is -1.89. The summed E-state index contributed by atoms with van der Waals surface area (Å²) in [6, 6.07) is 3.59. The highest BCUT2D eigenvalue weighted by atomic mass is 35.5. The number of nitrogens with zero attached hydrogens (tertiary/aromatic N) is 4. The lowest BCUT2D eigenvalue weighted by Gasteiger charge is -1.91. The van der Waals surface area contributed by atoms with E-state index in [1.165, 1.54) is 10.7 Å². The van der Waals surface area contributed by atoms with E-state index in [4.69, 9.17) is 16.9 Å². The highest BCUT2D eigenvalue weighted by molar-refractivity contribution is 6.29. The molecule has 0 atom stereocenters. The van der Waals surface area contributed by atoms with Gasteiger partial charge in [0.05, 0.1) is 6.20 Å². The molecule has 0 aliphatic rings. The van der Waals surface area contributed by atoms with Crippen LogP contribution in [-0.2, 0) is 0 Å². The molecule has 0 radical (unpaired) electrons. The minimum atomic E-state index is 0.361. The third-order valence-corrected chi connectivity index (χ3v) is 1.67. The Bertz CT molecular complexity index is 468. The minimum Gasteiger partial charge on any atom is -0.221 e. The second-order valence-corrected chi connectivity index (χ2v) is 2.58. The average Bonchev–Trinajstić information content (AvgIpc) is 2.46. The summed E-state index contributed by atoms with van der Waals surface area (Å²) in [4.78, 5) is 3.95. The van der Waals surface area contributed by atoms with Gasteiger partial charge in [-0.15, -0.1) is 0 Å². The summed E-state index contributed by atoms with van der Waals surface area (Å²) in [7, 11) is 0. The van der Waals surface area contributed by atoms with Crippen molar-refractivity contribution in [1.82, 2.24) is 14.6 Å². The Morgan fingerprint density at radius 2 is 2.42 bits per heavy atom. The third-order valence-electron chi connectivity index (χ3n) is 1.46. The second kappa shape index (κ2) is 2.47. The fourth-order valence-electron chi connectivity index (χ4n) is 0.926. The van der Waals surface area contributed by atoms with Crippen LogP contribution in [0.15, 0.2) is 18.5 Å². The zero-order valence-electron chi connectivity index (χ0n) is 5.90. The first-order chi connectivity index (χ1) is 5.81. The lowest BCUT2D eigenvalue weighted by atomic mass is 10.4. The predicted octanol–water partition coefficient (Wildman–Crippen LogP) is 1.25. The van der Waals surface area contributed by atoms with Crippen LogP contribution in [0.2, 0.25) is 5.15 Å². The normalized spacial score (nSPS) is 10.0. The Kier molecular flexibility index (Phi) is 1.45. The van der Waals surface area contributed by atoms with E-state index in [9.17, 15) is 0 Å². The number of hydrogen-bond acceptors (Lipinski definition) is 3. The first kappa shape index (κ1) is 7.07. The summed E-state index contributed by atoms with van der Waals surface area (Å²) in [5.74, 6) is 0. The standard InChI is InChI=1S/C7H3ClN4/c8-6-1-2-12-7(11-6)5(3-9)4-10-12/h1-2,4H. The van der Waals surface area contributed by atoms with Crippen molar-refractivity contribution in [3.63, 3.8) is 0 Å². The van der Waals surface area contributed by atoms with Gasteiger partial charge in [-0.25, -0.2) is 9.50 Å². The molecule has 0 unspecified atom stereocenters. The zero-order chi connectivity index (χ0) is 8.55. The van der Waals surface area contributed by atoms with E-state index in [2.05, 4.69) is 10.1 Å². The molecule has 0 amide bonds. The number of rotatable bonds is 0. The maximum Gasteiger partial charge on any atom is 0.174 e. The highest BCUT2D eigenvalue weighted by Crippen LogP contribution is 2.09. The Labute approximate surface area is 73.0 Å². The van der Waals surface area contributed by atoms with Gasteiger partial charge in [-0.3, -0.25) is 0 Å². The van der Waals surface area contributed by atoms with Crippen LogP contribution in [0.5, 0.6) is 0 Å². The quantitative estimate of drug-likeness (QED) is 0.571. The summed E-state index contributed by atoms with van der Waals surface area (Å²) < 4.78 is 1.50. The van der Waals surface area contributed by atoms with E-state index < -0.39 is 0 Å². The smallest absolute Gasteiger partial charge is 0.174 e. The second-order valence-electron chi connectivity index (χ2n) is 2.19. The van der Waals surface area contributed by atoms with Crippen LogP contribution in [0.25, 0.3) is 5.65 Å². The van der Waals surface area contributed by atoms with Gasteiger partial charge >= 0.3 is 0 Å². The molecular formula is C7H3ClN4. The van der Waals surface area contributed by atoms with E-state index in [1.807, 2.05) is 6.07 Å². The van der Waals surface area contributed by atoms with Gasteiger partial charge in [0.15, 0.2) is 5.65 Å². The number of aromatic nitrogens is 3. The summed E-state index contributed by atoms with van der Waals surface area (Å²) >= 11 is 5.64. The van der Waals surface area contributed by atoms with Crippen LogP contribution in [-0.4, -0.2) is 14.6 Å². The molecular weight excluding hydrogens is 176 g/mol. The van der Waals surface area contributed by atoms with Crippen molar-refractivity contribution < 1.29 is 0 Å². The number of halogens is 1. The summed E-state index contributed by atoms with van der Waals surface area (Å²) in [6.07, 6.45) is 3.12. The Morgan fingerprint density at radius 3 is 3.17 bits per heavy atom. The summed E-state index contributed by atoms with van der Waals surface area (Å²) in [5.41, 5.74) is 0.919. The van der Waals surface area contributed by atoms with Crippen molar-refractivity contribution in [2.24, 2.45) is 0 Å². The Hall–Kier alpha value is -1.60. The molecule has 0 aromatic carbocycles. The van der Waals surface area contributed by atoms with Gasteiger partial charge < -0.3 is 0 Å². The van der Waals surface area contributed by atoms with Gasteiger partial charge in [0.25, 0.3) is 0 Å². The first-order valence-corrected chi connectivity index (χ1v) is 3.59. The van der Waals surface area contributed by atoms with Gasteiger partial charge in [-0.2, -0.15) is 10.4 Å². The van der Waals surface area contributed by atoms with E-state index in [0.29, 0.717) is 16.4 Å². The highest BCUT2D eigenvalue weighted by Gasteiger charge is 2.03. The van der Waals surface area contributed by atoms with Crippen molar-refractivity contribution in [3.05, 3.63) is 29.2 Å². The molecule has 5 heteroatoms. The molecule has 0 spiro atoms. The van der Waals surface area contributed by atoms with Gasteiger partial charge in [-0.05, 0) is 6.07 Å². The van der Waals surface area contributed by atoms with Gasteiger partial charge in [0, 0.05) is 6.20 Å². The first-order valence-electron chi connectivity index (χ1n) is 3.21. The SMILES string of the molecule is N#Cc1cnn2ccc(Cl)nc12. The lowest BCUT2D eigenvalue weighted by molar-refractivity contribution is 0.939. The van der Waals surface area contributed by atoms with Gasteiger partial charge in [0.2, 0.25) is 0 Å². The Balaban J connectivity index is 2.86. The third kappa shape index (κ3) is 0.917. The molecule has 0 fully saturated rings. The van der Waals surface area contributed by atoms with E-state index >= 15 is 0 Å². The maximum absolute atomic E-state index is 8.63. The fraction of sp³-hybridized carbons (Fsp3) is 0. The molecule has 0 N–H and O–H groups in total. The molecule has 58 valence electrons. The molecule has 2 aromatic rings. The Morgan fingerprint density at radius 1 is 1.58 bits per heavy atom. The molecule has 4 nitrogen and oxygen atoms in total. The fourth-order valence-corrected chi connectivity index (χ4v) is 1.06. The van der Waals surface area contributed by atoms with Crippen molar-refractivity contribution in [2.75, 3.05) is 0 Å². The molecule has 0 bridgehead atoms. The van der Waals surface area contributed by atoms with E-state index in [-0.39, 0.29) is 0 Å². The van der Waals surface area contributed by atoms with Gasteiger partial charge in [-0.1, -0.05) is 11.6 Å². The summed E-state index contributed by atoms with van der Waals surface area (Å²) in [5, 5.41) is 12.9.